The third kappa shape index (κ3) is 1.48. The van der Waals surface area contributed by atoms with E-state index in [1.54, 1.807) is 0 Å². The van der Waals surface area contributed by atoms with E-state index in [4.69, 9.17) is 4.43 Å². The lowest BCUT2D eigenvalue weighted by Crippen LogP contribution is -2.57. The van der Waals surface area contributed by atoms with E-state index in [2.05, 4.69) is 19.6 Å². The van der Waals surface area contributed by atoms with Crippen LogP contribution in [-0.2, 0) is 9.22 Å². The molecule has 2 aliphatic rings. The number of ketones is 1. The average molecular weight is 198 g/mol. The van der Waals surface area contributed by atoms with Gasteiger partial charge in [-0.3, -0.25) is 4.79 Å². The number of fused-ring (bicyclic) bond motifs is 1. The van der Waals surface area contributed by atoms with Gasteiger partial charge in [-0.25, -0.2) is 0 Å². The van der Waals surface area contributed by atoms with Crippen molar-refractivity contribution in [3.05, 3.63) is 0 Å². The molecule has 0 N–H and O–H groups in total. The maximum Gasteiger partial charge on any atom is 0.184 e. The predicted octanol–water partition coefficient (Wildman–Crippen LogP) is 2.35. The summed E-state index contributed by atoms with van der Waals surface area (Å²) in [5.74, 6) is 0.704. The predicted molar refractivity (Wildman–Crippen MR) is 54.1 cm³/mol. The van der Waals surface area contributed by atoms with Crippen molar-refractivity contribution in [1.29, 1.82) is 0 Å². The Labute approximate surface area is 80.8 Å². The molecule has 0 spiro atoms. The second-order valence-corrected chi connectivity index (χ2v) is 9.80. The molecule has 0 amide bonds. The van der Waals surface area contributed by atoms with E-state index in [0.29, 0.717) is 12.2 Å². The summed E-state index contributed by atoms with van der Waals surface area (Å²) in [4.78, 5) is 11.3. The topological polar surface area (TPSA) is 26.3 Å². The summed E-state index contributed by atoms with van der Waals surface area (Å²) in [5.41, 5.74) is 0.00154. The maximum atomic E-state index is 11.3. The molecule has 2 aliphatic carbocycles. The van der Waals surface area contributed by atoms with Crippen LogP contribution in [-0.4, -0.2) is 19.7 Å². The molecule has 0 bridgehead atoms. The molecule has 2 nitrogen and oxygen atoms in total. The monoisotopic (exact) mass is 198 g/mol. The second kappa shape index (κ2) is 2.67. The van der Waals surface area contributed by atoms with E-state index in [1.807, 2.05) is 0 Å². The second-order valence-electron chi connectivity index (χ2n) is 5.37. The number of carbonyl (C=O) groups excluding carboxylic acids is 1. The minimum absolute atomic E-state index is 0.00154. The molecule has 0 aromatic carbocycles. The van der Waals surface area contributed by atoms with Crippen molar-refractivity contribution >= 4 is 14.1 Å². The van der Waals surface area contributed by atoms with Crippen LogP contribution in [0.1, 0.15) is 25.7 Å². The zero-order valence-corrected chi connectivity index (χ0v) is 9.72. The fourth-order valence-corrected chi connectivity index (χ4v) is 4.30. The van der Waals surface area contributed by atoms with Gasteiger partial charge >= 0.3 is 0 Å². The van der Waals surface area contributed by atoms with Crippen LogP contribution < -0.4 is 0 Å². The summed E-state index contributed by atoms with van der Waals surface area (Å²) in [6.07, 6.45) is 4.07. The number of hydrogen-bond acceptors (Lipinski definition) is 2. The van der Waals surface area contributed by atoms with Crippen molar-refractivity contribution in [2.75, 3.05) is 0 Å². The Kier molecular flexibility index (Phi) is 1.93. The number of hydrogen-bond donors (Lipinski definition) is 0. The van der Waals surface area contributed by atoms with E-state index in [-0.39, 0.29) is 11.5 Å². The fourth-order valence-electron chi connectivity index (χ4n) is 2.76. The van der Waals surface area contributed by atoms with Crippen LogP contribution in [0, 0.1) is 5.92 Å². The van der Waals surface area contributed by atoms with Gasteiger partial charge < -0.3 is 4.43 Å². The first-order valence-electron chi connectivity index (χ1n) is 5.16. The lowest BCUT2D eigenvalue weighted by Gasteiger charge is -2.47. The van der Waals surface area contributed by atoms with Crippen LogP contribution in [0.3, 0.4) is 0 Å². The van der Waals surface area contributed by atoms with Gasteiger partial charge in [0.05, 0.1) is 5.60 Å². The Hall–Kier alpha value is -0.153. The minimum atomic E-state index is -1.47. The van der Waals surface area contributed by atoms with Gasteiger partial charge in [-0.2, -0.15) is 0 Å². The molecule has 0 radical (unpaired) electrons. The summed E-state index contributed by atoms with van der Waals surface area (Å²) in [7, 11) is -1.47. The average Bonchev–Trinajstić information content (AvgIpc) is 2.23. The zero-order valence-electron chi connectivity index (χ0n) is 8.72. The Morgan fingerprint density at radius 3 is 2.69 bits per heavy atom. The molecule has 0 heterocycles. The molecule has 2 atom stereocenters. The molecule has 2 fully saturated rings. The van der Waals surface area contributed by atoms with Crippen molar-refractivity contribution in [3.8, 4) is 0 Å². The SMILES string of the molecule is C[Si](C)(C)O[C@]12CCC[C@H]1C(=O)C2. The molecule has 0 aromatic heterocycles. The summed E-state index contributed by atoms with van der Waals surface area (Å²) < 4.78 is 6.17. The summed E-state index contributed by atoms with van der Waals surface area (Å²) >= 11 is 0. The Bertz CT molecular complexity index is 244. The highest BCUT2D eigenvalue weighted by Gasteiger charge is 2.58. The first kappa shape index (κ1) is 9.40. The summed E-state index contributed by atoms with van der Waals surface area (Å²) in [6, 6.07) is 0. The molecule has 0 unspecified atom stereocenters. The van der Waals surface area contributed by atoms with Gasteiger partial charge in [0.1, 0.15) is 5.78 Å². The van der Waals surface area contributed by atoms with Crippen LogP contribution in [0.2, 0.25) is 19.6 Å². The van der Waals surface area contributed by atoms with E-state index >= 15 is 0 Å². The third-order valence-corrected chi connectivity index (χ3v) is 4.12. The molecule has 2 rings (SSSR count). The molecule has 0 saturated heterocycles. The molecule has 13 heavy (non-hydrogen) atoms. The Morgan fingerprint density at radius 1 is 1.46 bits per heavy atom. The smallest absolute Gasteiger partial charge is 0.184 e. The van der Waals surface area contributed by atoms with Gasteiger partial charge in [-0.05, 0) is 38.9 Å². The largest absolute Gasteiger partial charge is 0.411 e. The summed E-state index contributed by atoms with van der Waals surface area (Å²) in [6.45, 7) is 6.62. The van der Waals surface area contributed by atoms with Gasteiger partial charge in [-0.15, -0.1) is 0 Å². The Morgan fingerprint density at radius 2 is 2.15 bits per heavy atom. The molecule has 74 valence electrons. The normalized spacial score (nSPS) is 38.7. The van der Waals surface area contributed by atoms with Gasteiger partial charge in [-0.1, -0.05) is 0 Å². The highest BCUT2D eigenvalue weighted by atomic mass is 28.4. The van der Waals surface area contributed by atoms with E-state index in [1.165, 1.54) is 6.42 Å². The van der Waals surface area contributed by atoms with Gasteiger partial charge in [0.2, 0.25) is 0 Å². The van der Waals surface area contributed by atoms with E-state index in [9.17, 15) is 4.79 Å². The molecule has 2 saturated carbocycles. The first-order chi connectivity index (χ1) is 5.93. The van der Waals surface area contributed by atoms with Crippen LogP contribution in [0.25, 0.3) is 0 Å². The molecule has 3 heteroatoms. The van der Waals surface area contributed by atoms with Gasteiger partial charge in [0.15, 0.2) is 8.32 Å². The van der Waals surface area contributed by atoms with E-state index < -0.39 is 8.32 Å². The lowest BCUT2D eigenvalue weighted by atomic mass is 9.71. The molecule has 0 aromatic rings. The number of carbonyl (C=O) groups is 1. The molecule has 0 aliphatic heterocycles. The van der Waals surface area contributed by atoms with E-state index in [0.717, 1.165) is 12.8 Å². The zero-order chi connectivity index (χ0) is 9.69. The standard InChI is InChI=1S/C10H18O2Si/c1-13(2,3)12-10-6-4-5-8(10)9(11)7-10/h8H,4-7H2,1-3H3/t8-,10-/m0/s1. The van der Waals surface area contributed by atoms with Crippen molar-refractivity contribution in [1.82, 2.24) is 0 Å². The van der Waals surface area contributed by atoms with Gasteiger partial charge in [0.25, 0.3) is 0 Å². The van der Waals surface area contributed by atoms with Crippen molar-refractivity contribution in [2.24, 2.45) is 5.92 Å². The lowest BCUT2D eigenvalue weighted by molar-refractivity contribution is -0.149. The van der Waals surface area contributed by atoms with Gasteiger partial charge in [0, 0.05) is 12.3 Å². The fraction of sp³-hybridized carbons (Fsp3) is 0.900. The van der Waals surface area contributed by atoms with Crippen LogP contribution in [0.5, 0.6) is 0 Å². The third-order valence-electron chi connectivity index (χ3n) is 3.10. The molecular weight excluding hydrogens is 180 g/mol. The summed E-state index contributed by atoms with van der Waals surface area (Å²) in [5, 5.41) is 0. The first-order valence-corrected chi connectivity index (χ1v) is 8.57. The van der Waals surface area contributed by atoms with Crippen LogP contribution >= 0.6 is 0 Å². The quantitative estimate of drug-likeness (QED) is 0.637. The van der Waals surface area contributed by atoms with Crippen molar-refractivity contribution < 1.29 is 9.22 Å². The highest BCUT2D eigenvalue weighted by Crippen LogP contribution is 2.51. The highest BCUT2D eigenvalue weighted by molar-refractivity contribution is 6.69. The number of rotatable bonds is 2. The van der Waals surface area contributed by atoms with Crippen molar-refractivity contribution in [3.63, 3.8) is 0 Å². The number of Topliss-reactive ketones (excluding diaryl/α,β-unsaturated/α-hetero) is 1. The maximum absolute atomic E-state index is 11.3. The van der Waals surface area contributed by atoms with Crippen LogP contribution in [0.4, 0.5) is 0 Å². The minimum Gasteiger partial charge on any atom is -0.411 e. The van der Waals surface area contributed by atoms with Crippen LogP contribution in [0.15, 0.2) is 0 Å². The Balaban J connectivity index is 2.09. The molecular formula is C10H18O2Si. The van der Waals surface area contributed by atoms with Crippen molar-refractivity contribution in [2.45, 2.75) is 50.9 Å².